The molecule has 0 N–H and O–H groups in total. The molecule has 144 valence electrons. The first kappa shape index (κ1) is 18.4. The summed E-state index contributed by atoms with van der Waals surface area (Å²) in [5.41, 5.74) is 4.34. The van der Waals surface area contributed by atoms with Gasteiger partial charge in [0, 0.05) is 35.0 Å². The summed E-state index contributed by atoms with van der Waals surface area (Å²) in [6, 6.07) is 19.8. The summed E-state index contributed by atoms with van der Waals surface area (Å²) in [5.74, 6) is 0.482. The van der Waals surface area contributed by atoms with E-state index in [1.165, 1.54) is 12.1 Å². The van der Waals surface area contributed by atoms with Crippen molar-refractivity contribution in [2.75, 3.05) is 0 Å². The first-order valence-corrected chi connectivity index (χ1v) is 9.09. The van der Waals surface area contributed by atoms with Gasteiger partial charge in [0.1, 0.15) is 12.4 Å². The van der Waals surface area contributed by atoms with Crippen LogP contribution < -0.4 is 4.74 Å². The van der Waals surface area contributed by atoms with Crippen molar-refractivity contribution in [2.24, 2.45) is 0 Å². The minimum absolute atomic E-state index is 0.0599. The standard InChI is InChI=1S/C23H18N2O4/c1-16-9-10-24-19(11-16)13-20(22(24)14-26)21-12-18(25(27)28)7-8-23(21)29-15-17-5-3-2-4-6-17/h2-14H,15H2,1H3. The number of non-ortho nitro benzene ring substituents is 1. The van der Waals surface area contributed by atoms with Crippen molar-refractivity contribution in [3.8, 4) is 16.9 Å². The minimum Gasteiger partial charge on any atom is -0.488 e. The SMILES string of the molecule is Cc1ccn2c(C=O)c(-c3cc([N+](=O)[O-])ccc3OCc3ccccc3)cc2c1. The fourth-order valence-electron chi connectivity index (χ4n) is 3.35. The molecule has 0 unspecified atom stereocenters. The molecule has 0 bridgehead atoms. The highest BCUT2D eigenvalue weighted by atomic mass is 16.6. The van der Waals surface area contributed by atoms with Gasteiger partial charge in [-0.1, -0.05) is 30.3 Å². The van der Waals surface area contributed by atoms with E-state index in [0.717, 1.165) is 22.9 Å². The van der Waals surface area contributed by atoms with Gasteiger partial charge in [-0.2, -0.15) is 0 Å². The summed E-state index contributed by atoms with van der Waals surface area (Å²) in [4.78, 5) is 22.8. The molecule has 6 heteroatoms. The number of nitrogens with zero attached hydrogens (tertiary/aromatic N) is 2. The number of nitro benzene ring substituents is 1. The van der Waals surface area contributed by atoms with Crippen molar-refractivity contribution < 1.29 is 14.5 Å². The van der Waals surface area contributed by atoms with Crippen molar-refractivity contribution >= 4 is 17.5 Å². The zero-order chi connectivity index (χ0) is 20.4. The molecule has 0 aliphatic heterocycles. The lowest BCUT2D eigenvalue weighted by molar-refractivity contribution is -0.384. The van der Waals surface area contributed by atoms with Gasteiger partial charge in [0.2, 0.25) is 0 Å². The first-order chi connectivity index (χ1) is 14.1. The molecule has 0 aliphatic carbocycles. The van der Waals surface area contributed by atoms with Crippen LogP contribution >= 0.6 is 0 Å². The fraction of sp³-hybridized carbons (Fsp3) is 0.0870. The summed E-state index contributed by atoms with van der Waals surface area (Å²) in [7, 11) is 0. The highest BCUT2D eigenvalue weighted by molar-refractivity contribution is 5.92. The molecule has 6 nitrogen and oxygen atoms in total. The Labute approximate surface area is 167 Å². The number of carbonyl (C=O) groups is 1. The molecule has 2 aromatic carbocycles. The van der Waals surface area contributed by atoms with Gasteiger partial charge < -0.3 is 9.14 Å². The van der Waals surface area contributed by atoms with Crippen molar-refractivity contribution in [3.63, 3.8) is 0 Å². The van der Waals surface area contributed by atoms with Crippen LogP contribution in [0.5, 0.6) is 5.75 Å². The largest absolute Gasteiger partial charge is 0.488 e. The number of hydrogen-bond acceptors (Lipinski definition) is 4. The molecule has 0 fully saturated rings. The average molecular weight is 386 g/mol. The number of carbonyl (C=O) groups excluding carboxylic acids is 1. The van der Waals surface area contributed by atoms with Gasteiger partial charge in [0.05, 0.1) is 10.6 Å². The van der Waals surface area contributed by atoms with E-state index in [-0.39, 0.29) is 5.69 Å². The van der Waals surface area contributed by atoms with Crippen molar-refractivity contribution in [1.29, 1.82) is 0 Å². The number of pyridine rings is 1. The Morgan fingerprint density at radius 2 is 1.83 bits per heavy atom. The Morgan fingerprint density at radius 1 is 1.03 bits per heavy atom. The predicted molar refractivity (Wildman–Crippen MR) is 110 cm³/mol. The smallest absolute Gasteiger partial charge is 0.270 e. The Bertz CT molecular complexity index is 1210. The maximum absolute atomic E-state index is 11.9. The summed E-state index contributed by atoms with van der Waals surface area (Å²) in [6.45, 7) is 2.28. The van der Waals surface area contributed by atoms with Crippen LogP contribution in [0.25, 0.3) is 16.6 Å². The fourth-order valence-corrected chi connectivity index (χ4v) is 3.35. The average Bonchev–Trinajstić information content (AvgIpc) is 3.10. The number of aldehydes is 1. The van der Waals surface area contributed by atoms with Gasteiger partial charge in [-0.3, -0.25) is 14.9 Å². The van der Waals surface area contributed by atoms with Crippen molar-refractivity contribution in [1.82, 2.24) is 4.40 Å². The number of nitro groups is 1. The third-order valence-corrected chi connectivity index (χ3v) is 4.78. The van der Waals surface area contributed by atoms with E-state index < -0.39 is 4.92 Å². The lowest BCUT2D eigenvalue weighted by atomic mass is 10.0. The van der Waals surface area contributed by atoms with Crippen molar-refractivity contribution in [3.05, 3.63) is 99.9 Å². The van der Waals surface area contributed by atoms with Gasteiger partial charge in [-0.15, -0.1) is 0 Å². The third kappa shape index (κ3) is 3.60. The van der Waals surface area contributed by atoms with Gasteiger partial charge in [-0.05, 0) is 42.3 Å². The molecule has 2 aromatic heterocycles. The Hall–Kier alpha value is -3.93. The van der Waals surface area contributed by atoms with Crippen LogP contribution in [0.15, 0.2) is 72.9 Å². The van der Waals surface area contributed by atoms with Crippen molar-refractivity contribution in [2.45, 2.75) is 13.5 Å². The number of hydrogen-bond donors (Lipinski definition) is 0. The molecule has 0 amide bonds. The molecular weight excluding hydrogens is 368 g/mol. The second-order valence-electron chi connectivity index (χ2n) is 6.77. The van der Waals surface area contributed by atoms with Crippen LogP contribution in [-0.4, -0.2) is 15.6 Å². The summed E-state index contributed by atoms with van der Waals surface area (Å²) < 4.78 is 7.76. The van der Waals surface area contributed by atoms with E-state index in [2.05, 4.69) is 0 Å². The van der Waals surface area contributed by atoms with E-state index >= 15 is 0 Å². The number of aromatic nitrogens is 1. The number of aryl methyl sites for hydroxylation is 1. The Balaban J connectivity index is 1.84. The topological polar surface area (TPSA) is 73.9 Å². The number of ether oxygens (including phenoxy) is 1. The molecule has 0 aliphatic rings. The van der Waals surface area contributed by atoms with Gasteiger partial charge >= 0.3 is 0 Å². The first-order valence-electron chi connectivity index (χ1n) is 9.09. The quantitative estimate of drug-likeness (QED) is 0.259. The summed E-state index contributed by atoms with van der Waals surface area (Å²) >= 11 is 0. The van der Waals surface area contributed by atoms with Crippen LogP contribution in [-0.2, 0) is 6.61 Å². The molecule has 0 saturated heterocycles. The zero-order valence-electron chi connectivity index (χ0n) is 15.7. The maximum Gasteiger partial charge on any atom is 0.270 e. The predicted octanol–water partition coefficient (Wildman–Crippen LogP) is 5.21. The Kier molecular flexibility index (Phi) is 4.83. The zero-order valence-corrected chi connectivity index (χ0v) is 15.7. The van der Waals surface area contributed by atoms with E-state index in [9.17, 15) is 14.9 Å². The third-order valence-electron chi connectivity index (χ3n) is 4.78. The van der Waals surface area contributed by atoms with Crippen LogP contribution in [0.1, 0.15) is 21.6 Å². The lowest BCUT2D eigenvalue weighted by Crippen LogP contribution is -1.99. The normalized spacial score (nSPS) is 10.8. The Morgan fingerprint density at radius 3 is 2.55 bits per heavy atom. The monoisotopic (exact) mass is 386 g/mol. The van der Waals surface area contributed by atoms with Crippen LogP contribution in [0, 0.1) is 17.0 Å². The van der Waals surface area contributed by atoms with Crippen LogP contribution in [0.3, 0.4) is 0 Å². The molecule has 0 atom stereocenters. The van der Waals surface area contributed by atoms with E-state index in [0.29, 0.717) is 29.2 Å². The van der Waals surface area contributed by atoms with Crippen LogP contribution in [0.2, 0.25) is 0 Å². The van der Waals surface area contributed by atoms with E-state index in [1.807, 2.05) is 61.7 Å². The number of fused-ring (bicyclic) bond motifs is 1. The second-order valence-corrected chi connectivity index (χ2v) is 6.77. The minimum atomic E-state index is -0.453. The number of benzene rings is 2. The van der Waals surface area contributed by atoms with Gasteiger partial charge in [-0.25, -0.2) is 0 Å². The lowest BCUT2D eigenvalue weighted by Gasteiger charge is -2.11. The molecule has 0 spiro atoms. The molecule has 2 heterocycles. The van der Waals surface area contributed by atoms with Gasteiger partial charge in [0.25, 0.3) is 5.69 Å². The molecule has 4 aromatic rings. The molecule has 29 heavy (non-hydrogen) atoms. The van der Waals surface area contributed by atoms with Gasteiger partial charge in [0.15, 0.2) is 6.29 Å². The maximum atomic E-state index is 11.9. The second kappa shape index (κ2) is 7.59. The van der Waals surface area contributed by atoms with Crippen LogP contribution in [0.4, 0.5) is 5.69 Å². The highest BCUT2D eigenvalue weighted by Gasteiger charge is 2.19. The molecule has 4 rings (SSSR count). The summed E-state index contributed by atoms with van der Waals surface area (Å²) in [6.07, 6.45) is 2.58. The highest BCUT2D eigenvalue weighted by Crippen LogP contribution is 2.37. The van der Waals surface area contributed by atoms with E-state index in [1.54, 1.807) is 10.5 Å². The summed E-state index contributed by atoms with van der Waals surface area (Å²) in [5, 5.41) is 11.3. The number of rotatable bonds is 6. The molecular formula is C23H18N2O4. The molecule has 0 radical (unpaired) electrons. The molecule has 0 saturated carbocycles. The van der Waals surface area contributed by atoms with E-state index in [4.69, 9.17) is 4.74 Å².